The van der Waals surface area contributed by atoms with Crippen molar-refractivity contribution in [1.29, 1.82) is 0 Å². The van der Waals surface area contributed by atoms with Gasteiger partial charge in [0, 0.05) is 6.42 Å². The van der Waals surface area contributed by atoms with E-state index in [-0.39, 0.29) is 39.0 Å². The Morgan fingerprint density at radius 1 is 0.303 bits per heavy atom. The highest BCUT2D eigenvalue weighted by molar-refractivity contribution is 5.72. The number of hydrogen-bond acceptors (Lipinski definition) is 14. The van der Waals surface area contributed by atoms with Crippen LogP contribution >= 0.6 is 0 Å². The van der Waals surface area contributed by atoms with E-state index in [1.807, 2.05) is 0 Å². The van der Waals surface area contributed by atoms with Crippen LogP contribution in [-0.4, -0.2) is 151 Å². The van der Waals surface area contributed by atoms with Gasteiger partial charge in [-0.25, -0.2) is 13.2 Å². The maximum Gasteiger partial charge on any atom is 0.313 e. The van der Waals surface area contributed by atoms with E-state index in [0.717, 1.165) is 12.8 Å². The Hall–Kier alpha value is -2.59. The first-order chi connectivity index (χ1) is 32.3. The predicted molar refractivity (Wildman–Crippen MR) is 235 cm³/mol. The summed E-state index contributed by atoms with van der Waals surface area (Å²) in [6, 6.07) is 0. The molecular weight excluding hydrogens is 883 g/mol. The summed E-state index contributed by atoms with van der Waals surface area (Å²) in [5, 5.41) is 0. The fourth-order valence-corrected chi connectivity index (χ4v) is 6.00. The van der Waals surface area contributed by atoms with Gasteiger partial charge < -0.3 is 56.8 Å². The Morgan fingerprint density at radius 2 is 0.561 bits per heavy atom. The largest absolute Gasteiger partial charge is 0.463 e. The standard InChI is InChI=1S/C47H79F5O14/c1-2-3-4-5-6-7-8-9-10-11-12-13-14-15-16-17-40(53)65-39-38-64-37-36-63-35-34-62-33-32-61-31-30-60-29-28-59-27-26-58-25-24-57-23-22-56-21-20-55-19-18-41(54)66-47-45(51)43(49)42(48)44(50)46(47)52/h2-39H2,1H3. The normalized spacial score (nSPS) is 11.5. The number of halogens is 5. The third-order valence-electron chi connectivity index (χ3n) is 9.66. The quantitative estimate of drug-likeness (QED) is 0.0153. The topological polar surface area (TPSA) is 145 Å². The molecule has 0 fully saturated rings. The van der Waals surface area contributed by atoms with Gasteiger partial charge in [-0.1, -0.05) is 96.8 Å². The van der Waals surface area contributed by atoms with Gasteiger partial charge in [0.25, 0.3) is 0 Å². The van der Waals surface area contributed by atoms with Crippen LogP contribution in [0.2, 0.25) is 0 Å². The van der Waals surface area contributed by atoms with E-state index < -0.39 is 47.2 Å². The zero-order valence-electron chi connectivity index (χ0n) is 39.5. The molecule has 0 saturated heterocycles. The fraction of sp³-hybridized carbons (Fsp3) is 0.830. The molecule has 0 saturated carbocycles. The van der Waals surface area contributed by atoms with E-state index in [1.165, 1.54) is 83.5 Å². The Bertz CT molecular complexity index is 1270. The summed E-state index contributed by atoms with van der Waals surface area (Å²) in [5.74, 6) is -14.3. The lowest BCUT2D eigenvalue weighted by Gasteiger charge is -2.09. The zero-order chi connectivity index (χ0) is 48.0. The minimum atomic E-state index is -2.35. The maximum absolute atomic E-state index is 13.6. The summed E-state index contributed by atoms with van der Waals surface area (Å²) in [7, 11) is 0. The molecule has 0 atom stereocenters. The average molecular weight is 963 g/mol. The highest BCUT2D eigenvalue weighted by Gasteiger charge is 2.28. The molecule has 0 unspecified atom stereocenters. The minimum Gasteiger partial charge on any atom is -0.463 e. The third kappa shape index (κ3) is 36.5. The van der Waals surface area contributed by atoms with Crippen LogP contribution in [0.25, 0.3) is 0 Å². The number of carbonyl (C=O) groups is 2. The molecule has 0 radical (unpaired) electrons. The second kappa shape index (κ2) is 46.2. The summed E-state index contributed by atoms with van der Waals surface area (Å²) in [4.78, 5) is 23.6. The van der Waals surface area contributed by atoms with Crippen LogP contribution in [0.15, 0.2) is 0 Å². The molecule has 0 aliphatic heterocycles. The maximum atomic E-state index is 13.6. The summed E-state index contributed by atoms with van der Waals surface area (Å²) >= 11 is 0. The zero-order valence-corrected chi connectivity index (χ0v) is 39.5. The van der Waals surface area contributed by atoms with Crippen molar-refractivity contribution in [2.75, 3.05) is 139 Å². The van der Waals surface area contributed by atoms with Gasteiger partial charge in [0.2, 0.25) is 34.8 Å². The third-order valence-corrected chi connectivity index (χ3v) is 9.66. The van der Waals surface area contributed by atoms with Crippen molar-refractivity contribution in [3.63, 3.8) is 0 Å². The highest BCUT2D eigenvalue weighted by atomic mass is 19.2. The molecule has 0 N–H and O–H groups in total. The van der Waals surface area contributed by atoms with Crippen molar-refractivity contribution >= 4 is 11.9 Å². The summed E-state index contributed by atoms with van der Waals surface area (Å²) in [5.41, 5.74) is 0. The van der Waals surface area contributed by atoms with E-state index >= 15 is 0 Å². The molecule has 0 aromatic heterocycles. The second-order valence-electron chi connectivity index (χ2n) is 15.2. The van der Waals surface area contributed by atoms with Gasteiger partial charge in [-0.3, -0.25) is 9.59 Å². The molecule has 0 aliphatic carbocycles. The van der Waals surface area contributed by atoms with Gasteiger partial charge in [0.15, 0.2) is 0 Å². The van der Waals surface area contributed by atoms with Crippen molar-refractivity contribution in [2.24, 2.45) is 0 Å². The lowest BCUT2D eigenvalue weighted by atomic mass is 10.0. The number of unbranched alkanes of at least 4 members (excludes halogenated alkanes) is 14. The molecule has 386 valence electrons. The van der Waals surface area contributed by atoms with Crippen LogP contribution in [0.5, 0.6) is 5.75 Å². The lowest BCUT2D eigenvalue weighted by Crippen LogP contribution is -2.16. The minimum absolute atomic E-state index is 0.0762. The molecule has 66 heavy (non-hydrogen) atoms. The molecule has 0 bridgehead atoms. The van der Waals surface area contributed by atoms with Crippen LogP contribution in [0, 0.1) is 29.1 Å². The summed E-state index contributed by atoms with van der Waals surface area (Å²) in [6.45, 7) is 9.36. The van der Waals surface area contributed by atoms with Crippen LogP contribution in [0.1, 0.15) is 116 Å². The Labute approximate surface area is 389 Å². The molecule has 1 aromatic rings. The second-order valence-corrected chi connectivity index (χ2v) is 15.2. The van der Waals surface area contributed by atoms with E-state index in [2.05, 4.69) is 11.7 Å². The number of benzene rings is 1. The smallest absolute Gasteiger partial charge is 0.313 e. The highest BCUT2D eigenvalue weighted by Crippen LogP contribution is 2.29. The molecule has 0 amide bonds. The number of hydrogen-bond donors (Lipinski definition) is 0. The van der Waals surface area contributed by atoms with Crippen molar-refractivity contribution in [2.45, 2.75) is 116 Å². The van der Waals surface area contributed by atoms with Gasteiger partial charge in [-0.05, 0) is 6.42 Å². The molecule has 1 aromatic carbocycles. The molecular formula is C47H79F5O14. The summed E-state index contributed by atoms with van der Waals surface area (Å²) in [6.07, 6.45) is 19.5. The Kier molecular flexibility index (Phi) is 43.0. The van der Waals surface area contributed by atoms with Crippen molar-refractivity contribution in [1.82, 2.24) is 0 Å². The SMILES string of the molecule is CCCCCCCCCCCCCCCCCC(=O)OCCOCCOCCOCCOCCOCCOCCOCCOCCOCCOCCC(=O)Oc1c(F)c(F)c(F)c(F)c1F. The lowest BCUT2D eigenvalue weighted by molar-refractivity contribution is -0.145. The molecule has 14 nitrogen and oxygen atoms in total. The van der Waals surface area contributed by atoms with Crippen molar-refractivity contribution in [3.05, 3.63) is 29.1 Å². The van der Waals surface area contributed by atoms with Crippen LogP contribution < -0.4 is 4.74 Å². The Balaban J connectivity index is 1.69. The van der Waals surface area contributed by atoms with E-state index in [1.54, 1.807) is 0 Å². The molecule has 0 spiro atoms. The number of esters is 2. The van der Waals surface area contributed by atoms with Gasteiger partial charge in [0.1, 0.15) is 6.61 Å². The van der Waals surface area contributed by atoms with Crippen molar-refractivity contribution in [3.8, 4) is 5.75 Å². The molecule has 19 heteroatoms. The van der Waals surface area contributed by atoms with E-state index in [4.69, 9.17) is 52.1 Å². The predicted octanol–water partition coefficient (Wildman–Crippen LogP) is 8.65. The van der Waals surface area contributed by atoms with Crippen LogP contribution in [0.3, 0.4) is 0 Å². The number of carbonyl (C=O) groups excluding carboxylic acids is 2. The van der Waals surface area contributed by atoms with E-state index in [9.17, 15) is 31.5 Å². The number of ether oxygens (including phenoxy) is 12. The first-order valence-electron chi connectivity index (χ1n) is 23.9. The van der Waals surface area contributed by atoms with Crippen LogP contribution in [-0.2, 0) is 61.7 Å². The Morgan fingerprint density at radius 3 is 0.879 bits per heavy atom. The van der Waals surface area contributed by atoms with Gasteiger partial charge in [0.05, 0.1) is 139 Å². The number of rotatable bonds is 50. The molecule has 0 heterocycles. The van der Waals surface area contributed by atoms with E-state index in [0.29, 0.717) is 112 Å². The average Bonchev–Trinajstić information content (AvgIpc) is 3.31. The first kappa shape index (κ1) is 61.4. The summed E-state index contributed by atoms with van der Waals surface area (Å²) < 4.78 is 130. The first-order valence-corrected chi connectivity index (χ1v) is 23.9. The monoisotopic (exact) mass is 963 g/mol. The van der Waals surface area contributed by atoms with Crippen LogP contribution in [0.4, 0.5) is 22.0 Å². The molecule has 0 aliphatic rings. The van der Waals surface area contributed by atoms with Gasteiger partial charge in [-0.15, -0.1) is 0 Å². The van der Waals surface area contributed by atoms with Crippen molar-refractivity contribution < 1.29 is 88.4 Å². The van der Waals surface area contributed by atoms with Gasteiger partial charge in [-0.2, -0.15) is 8.78 Å². The molecule has 1 rings (SSSR count). The van der Waals surface area contributed by atoms with Gasteiger partial charge >= 0.3 is 11.9 Å². The fourth-order valence-electron chi connectivity index (χ4n) is 6.00.